The lowest BCUT2D eigenvalue weighted by Gasteiger charge is -2.41. The predicted molar refractivity (Wildman–Crippen MR) is 136 cm³/mol. The van der Waals surface area contributed by atoms with Gasteiger partial charge in [0.1, 0.15) is 17.0 Å². The second-order valence-electron chi connectivity index (χ2n) is 9.86. The number of methoxy groups -OCH3 is 1. The van der Waals surface area contributed by atoms with Gasteiger partial charge >= 0.3 is 10.2 Å². The highest BCUT2D eigenvalue weighted by Gasteiger charge is 2.65. The number of rotatable bonds is 10. The van der Waals surface area contributed by atoms with Crippen molar-refractivity contribution >= 4 is 27.7 Å². The molecular formula is C25H28F5N5O4S. The number of aliphatic hydroxyl groups is 1. The first kappa shape index (κ1) is 29.5. The molecule has 2 amide bonds. The Balaban J connectivity index is 1.83. The number of ether oxygens (including phenoxy) is 1. The molecule has 2 N–H and O–H groups in total. The Morgan fingerprint density at radius 1 is 1.23 bits per heavy atom. The maximum absolute atomic E-state index is 14.1. The number of carbonyl (C=O) groups is 2. The molecule has 0 radical (unpaired) electrons. The Labute approximate surface area is 227 Å². The van der Waals surface area contributed by atoms with Crippen molar-refractivity contribution in [3.05, 3.63) is 54.4 Å². The SMILES string of the molecule is CO[C@@H]1C[C@H](C(=O)N(c2ccc(S(F)(F)(F)(F)F)cc2)C(C(=O)NC(CO)C2CC2)c2cccnc2)N(C#N)C1. The Bertz CT molecular complexity index is 1290. The van der Waals surface area contributed by atoms with Crippen molar-refractivity contribution in [3.8, 4) is 6.19 Å². The van der Waals surface area contributed by atoms with Crippen LogP contribution in [-0.2, 0) is 14.3 Å². The van der Waals surface area contributed by atoms with Crippen LogP contribution in [-0.4, -0.2) is 65.3 Å². The second-order valence-corrected chi connectivity index (χ2v) is 12.3. The van der Waals surface area contributed by atoms with Crippen molar-refractivity contribution < 1.29 is 38.9 Å². The van der Waals surface area contributed by atoms with E-state index in [0.29, 0.717) is 12.1 Å². The van der Waals surface area contributed by atoms with Crippen LogP contribution in [0.2, 0.25) is 0 Å². The van der Waals surface area contributed by atoms with Crippen LogP contribution in [0.4, 0.5) is 25.1 Å². The molecule has 4 rings (SSSR count). The molecule has 218 valence electrons. The van der Waals surface area contributed by atoms with Gasteiger partial charge in [-0.25, -0.2) is 0 Å². The van der Waals surface area contributed by atoms with Gasteiger partial charge in [0.05, 0.1) is 25.3 Å². The first-order valence-electron chi connectivity index (χ1n) is 12.3. The summed E-state index contributed by atoms with van der Waals surface area (Å²) in [7, 11) is -8.64. The molecule has 2 fully saturated rings. The number of nitrogens with one attached hydrogen (secondary N) is 1. The lowest BCUT2D eigenvalue weighted by molar-refractivity contribution is -0.129. The molecular weight excluding hydrogens is 561 g/mol. The van der Waals surface area contributed by atoms with Crippen molar-refractivity contribution in [1.29, 1.82) is 5.26 Å². The number of carbonyl (C=O) groups excluding carboxylic acids is 2. The van der Waals surface area contributed by atoms with Gasteiger partial charge in [0.2, 0.25) is 5.91 Å². The summed E-state index contributed by atoms with van der Waals surface area (Å²) in [6.07, 6.45) is 5.62. The maximum atomic E-state index is 14.1. The van der Waals surface area contributed by atoms with Crippen LogP contribution in [0.25, 0.3) is 0 Å². The number of benzene rings is 1. The van der Waals surface area contributed by atoms with Gasteiger partial charge in [0.15, 0.2) is 6.19 Å². The number of nitriles is 1. The van der Waals surface area contributed by atoms with Crippen LogP contribution in [0.3, 0.4) is 0 Å². The van der Waals surface area contributed by atoms with E-state index in [4.69, 9.17) is 4.74 Å². The van der Waals surface area contributed by atoms with E-state index >= 15 is 0 Å². The molecule has 1 aromatic carbocycles. The fourth-order valence-electron chi connectivity index (χ4n) is 4.77. The molecule has 1 saturated heterocycles. The van der Waals surface area contributed by atoms with Gasteiger partial charge in [-0.3, -0.25) is 24.4 Å². The van der Waals surface area contributed by atoms with Crippen molar-refractivity contribution in [3.63, 3.8) is 0 Å². The van der Waals surface area contributed by atoms with Crippen molar-refractivity contribution in [2.75, 3.05) is 25.2 Å². The minimum atomic E-state index is -10.0. The molecule has 2 aliphatic rings. The van der Waals surface area contributed by atoms with Gasteiger partial charge in [-0.05, 0) is 49.1 Å². The van der Waals surface area contributed by atoms with Gasteiger partial charge in [-0.2, -0.15) is 5.26 Å². The number of nitrogens with zero attached hydrogens (tertiary/aromatic N) is 4. The Morgan fingerprint density at radius 3 is 2.40 bits per heavy atom. The lowest BCUT2D eigenvalue weighted by Crippen LogP contribution is -2.52. The zero-order valence-corrected chi connectivity index (χ0v) is 22.1. The molecule has 0 spiro atoms. The first-order chi connectivity index (χ1) is 18.7. The van der Waals surface area contributed by atoms with Crippen molar-refractivity contribution in [2.45, 2.75) is 48.4 Å². The van der Waals surface area contributed by atoms with E-state index in [1.54, 1.807) is 0 Å². The van der Waals surface area contributed by atoms with Crippen LogP contribution in [0, 0.1) is 17.4 Å². The number of anilines is 1. The molecule has 40 heavy (non-hydrogen) atoms. The van der Waals surface area contributed by atoms with E-state index in [1.165, 1.54) is 31.6 Å². The number of aromatic nitrogens is 1. The van der Waals surface area contributed by atoms with Crippen molar-refractivity contribution in [2.24, 2.45) is 5.92 Å². The summed E-state index contributed by atoms with van der Waals surface area (Å²) in [6.45, 7) is -0.332. The monoisotopic (exact) mass is 589 g/mol. The van der Waals surface area contributed by atoms with Gasteiger partial charge in [0, 0.05) is 37.2 Å². The summed E-state index contributed by atoms with van der Waals surface area (Å²) in [5.41, 5.74) is -0.118. The van der Waals surface area contributed by atoms with Gasteiger partial charge < -0.3 is 15.2 Å². The van der Waals surface area contributed by atoms with Crippen LogP contribution < -0.4 is 10.2 Å². The average Bonchev–Trinajstić information content (AvgIpc) is 3.67. The number of hydrogen-bond acceptors (Lipinski definition) is 7. The van der Waals surface area contributed by atoms with E-state index in [0.717, 1.165) is 22.6 Å². The summed E-state index contributed by atoms with van der Waals surface area (Å²) >= 11 is 0. The lowest BCUT2D eigenvalue weighted by atomic mass is 10.0. The number of amides is 2. The third-order valence-electron chi connectivity index (χ3n) is 7.03. The number of halogens is 5. The molecule has 1 aliphatic heterocycles. The third-order valence-corrected chi connectivity index (χ3v) is 8.19. The molecule has 1 aromatic heterocycles. The summed E-state index contributed by atoms with van der Waals surface area (Å²) in [5, 5.41) is 22.2. The highest BCUT2D eigenvalue weighted by Crippen LogP contribution is 3.02. The van der Waals surface area contributed by atoms with Gasteiger partial charge in [-0.1, -0.05) is 25.5 Å². The topological polar surface area (TPSA) is 119 Å². The minimum Gasteiger partial charge on any atom is -0.394 e. The van der Waals surface area contributed by atoms with Crippen LogP contribution >= 0.6 is 10.2 Å². The summed E-state index contributed by atoms with van der Waals surface area (Å²) in [5.74, 6) is -1.60. The highest BCUT2D eigenvalue weighted by molar-refractivity contribution is 8.45. The molecule has 2 aromatic rings. The predicted octanol–water partition coefficient (Wildman–Crippen LogP) is 4.27. The molecule has 1 saturated carbocycles. The van der Waals surface area contributed by atoms with E-state index in [9.17, 15) is 39.4 Å². The summed E-state index contributed by atoms with van der Waals surface area (Å²) < 4.78 is 72.5. The van der Waals surface area contributed by atoms with Crippen molar-refractivity contribution in [1.82, 2.24) is 15.2 Å². The smallest absolute Gasteiger partial charge is 0.310 e. The Morgan fingerprint density at radius 2 is 1.90 bits per heavy atom. The van der Waals surface area contributed by atoms with Crippen LogP contribution in [0.5, 0.6) is 0 Å². The van der Waals surface area contributed by atoms with Crippen LogP contribution in [0.15, 0.2) is 53.7 Å². The Kier molecular flexibility index (Phi) is 7.50. The van der Waals surface area contributed by atoms with Crippen LogP contribution in [0.1, 0.15) is 30.9 Å². The normalized spacial score (nSPS) is 22.4. The van der Waals surface area contributed by atoms with E-state index in [-0.39, 0.29) is 48.9 Å². The molecule has 0 bridgehead atoms. The molecule has 9 nitrogen and oxygen atoms in total. The number of likely N-dealkylation sites (tertiary alicyclic amines) is 1. The highest BCUT2D eigenvalue weighted by atomic mass is 32.5. The van der Waals surface area contributed by atoms with Gasteiger partial charge in [0.25, 0.3) is 5.91 Å². The quantitative estimate of drug-likeness (QED) is 0.314. The number of aliphatic hydroxyl groups excluding tert-OH is 1. The molecule has 2 heterocycles. The second kappa shape index (κ2) is 10.2. The zero-order valence-electron chi connectivity index (χ0n) is 21.3. The van der Waals surface area contributed by atoms with Gasteiger partial charge in [-0.15, -0.1) is 0 Å². The first-order valence-corrected chi connectivity index (χ1v) is 14.3. The Hall–Kier alpha value is -3.48. The number of pyridine rings is 1. The van der Waals surface area contributed by atoms with E-state index in [1.807, 2.05) is 6.19 Å². The fourth-order valence-corrected chi connectivity index (χ4v) is 5.42. The summed E-state index contributed by atoms with van der Waals surface area (Å²) in [6, 6.07) is 1.32. The van der Waals surface area contributed by atoms with E-state index in [2.05, 4.69) is 10.3 Å². The molecule has 4 atom stereocenters. The molecule has 2 unspecified atom stereocenters. The van der Waals surface area contributed by atoms with E-state index < -0.39 is 51.2 Å². The average molecular weight is 590 g/mol. The minimum absolute atomic E-state index is 0.01000. The summed E-state index contributed by atoms with van der Waals surface area (Å²) in [4.78, 5) is 31.7. The largest absolute Gasteiger partial charge is 0.394 e. The maximum Gasteiger partial charge on any atom is 0.310 e. The number of hydrogen-bond donors (Lipinski definition) is 2. The molecule has 1 aliphatic carbocycles. The standard InChI is InChI=1S/C25H28F5N5O4S/c1-39-19-11-22(34(13-19)15-31)25(38)35(18-6-8-20(9-7-18)40(26,27,28,29)30)23(17-3-2-10-32-12-17)24(37)33-21(14-36)16-4-5-16/h2-3,6-10,12,16,19,21-23,36H,4-5,11,13-14H2,1H3,(H,33,37)/t19-,21?,22-,23?/m1/s1. The zero-order chi connectivity index (χ0) is 29.4. The third kappa shape index (κ3) is 6.45. The fraction of sp³-hybridized carbons (Fsp3) is 0.440. The molecule has 15 heteroatoms.